The standard InChI is InChI=1S/C47H60N6O8/c1-9-52-38-15-14-29-22-33(38)35(42(52)32-12-10-16-48-40(32)27(4)60-8)24-47(5,6)25-61-46(59)36-13-11-17-53(50-36)45(58)37(20-28-18-30(29)21-31(54)19-28)49-43(56)41(26(2)3)51(7)44(57)34-23-39(34)55/h10,12,14-16,18-19,21-22,26-27,34,36-37,39,41,50,54-55H,9,11,13,17,20,23-25H2,1-8H3,(H,49,56)/t27-,34+,36-,37-,39-,41-/m0/s1. The second-order valence-corrected chi connectivity index (χ2v) is 18.1. The zero-order chi connectivity index (χ0) is 43.9. The van der Waals surface area contributed by atoms with Gasteiger partial charge in [0.25, 0.3) is 5.91 Å². The first-order valence-electron chi connectivity index (χ1n) is 21.5. The normalized spacial score (nSPS) is 22.6. The number of phenolic OH excluding ortho intramolecular Hbond substituents is 1. The molecule has 6 atom stereocenters. The van der Waals surface area contributed by atoms with E-state index in [0.717, 1.165) is 44.5 Å². The number of amides is 3. The maximum atomic E-state index is 14.5. The summed E-state index contributed by atoms with van der Waals surface area (Å²) in [4.78, 5) is 62.0. The number of aromatic hydroxyl groups is 1. The van der Waals surface area contributed by atoms with Crippen LogP contribution in [0.1, 0.15) is 83.7 Å². The Bertz CT molecular complexity index is 2320. The molecule has 4 N–H and O–H groups in total. The number of hydrazine groups is 1. The lowest BCUT2D eigenvalue weighted by Gasteiger charge is -2.36. The van der Waals surface area contributed by atoms with Gasteiger partial charge in [-0.1, -0.05) is 39.8 Å². The number of benzene rings is 2. The van der Waals surface area contributed by atoms with Crippen molar-refractivity contribution in [3.63, 3.8) is 0 Å². The molecule has 0 unspecified atom stereocenters. The Kier molecular flexibility index (Phi) is 12.6. The molecule has 2 fully saturated rings. The van der Waals surface area contributed by atoms with Crippen LogP contribution in [-0.2, 0) is 48.0 Å². The van der Waals surface area contributed by atoms with Crippen molar-refractivity contribution in [2.75, 3.05) is 27.3 Å². The van der Waals surface area contributed by atoms with Crippen LogP contribution in [0.15, 0.2) is 54.7 Å². The Morgan fingerprint density at radius 3 is 2.56 bits per heavy atom. The number of hydrogen-bond donors (Lipinski definition) is 4. The van der Waals surface area contributed by atoms with Gasteiger partial charge in [0.05, 0.1) is 36.1 Å². The number of ether oxygens (including phenoxy) is 2. The number of rotatable bonds is 9. The summed E-state index contributed by atoms with van der Waals surface area (Å²) in [5.74, 6) is -2.69. The Labute approximate surface area is 357 Å². The smallest absolute Gasteiger partial charge is 0.324 e. The summed E-state index contributed by atoms with van der Waals surface area (Å²) in [6.07, 6.45) is 2.62. The molecule has 4 aromatic rings. The lowest BCUT2D eigenvalue weighted by Crippen LogP contribution is -2.62. The Morgan fingerprint density at radius 1 is 1.11 bits per heavy atom. The van der Waals surface area contributed by atoms with Gasteiger partial charge in [0, 0.05) is 61.7 Å². The van der Waals surface area contributed by atoms with E-state index >= 15 is 0 Å². The highest BCUT2D eigenvalue weighted by atomic mass is 16.5. The average molecular weight is 837 g/mol. The van der Waals surface area contributed by atoms with Crippen LogP contribution in [-0.4, -0.2) is 105 Å². The minimum atomic E-state index is -1.14. The van der Waals surface area contributed by atoms with Gasteiger partial charge >= 0.3 is 5.97 Å². The summed E-state index contributed by atoms with van der Waals surface area (Å²) < 4.78 is 14.2. The number of pyridine rings is 1. The number of likely N-dealkylation sites (N-methyl/N-ethyl adjacent to an activating group) is 1. The van der Waals surface area contributed by atoms with Crippen LogP contribution in [0, 0.1) is 17.3 Å². The molecule has 2 aromatic heterocycles. The summed E-state index contributed by atoms with van der Waals surface area (Å²) in [6.45, 7) is 13.0. The van der Waals surface area contributed by atoms with E-state index in [2.05, 4.69) is 54.3 Å². The van der Waals surface area contributed by atoms with Crippen molar-refractivity contribution in [3.8, 4) is 28.1 Å². The number of esters is 1. The molecule has 6 bridgehead atoms. The quantitative estimate of drug-likeness (QED) is 0.162. The van der Waals surface area contributed by atoms with Crippen molar-refractivity contribution in [2.45, 2.75) is 111 Å². The molecular formula is C47H60N6O8. The van der Waals surface area contributed by atoms with Crippen molar-refractivity contribution in [2.24, 2.45) is 17.3 Å². The molecule has 0 spiro atoms. The molecule has 14 heteroatoms. The predicted molar refractivity (Wildman–Crippen MR) is 231 cm³/mol. The Morgan fingerprint density at radius 2 is 1.87 bits per heavy atom. The fourth-order valence-corrected chi connectivity index (χ4v) is 9.10. The number of methoxy groups -OCH3 is 1. The highest BCUT2D eigenvalue weighted by Gasteiger charge is 2.46. The van der Waals surface area contributed by atoms with Gasteiger partial charge in [0.2, 0.25) is 11.8 Å². The van der Waals surface area contributed by atoms with Crippen molar-refractivity contribution < 1.29 is 38.9 Å². The second kappa shape index (κ2) is 17.6. The van der Waals surface area contributed by atoms with E-state index in [4.69, 9.17) is 14.5 Å². The average Bonchev–Trinajstić information content (AvgIpc) is 3.90. The predicted octanol–water partition coefficient (Wildman–Crippen LogP) is 5.32. The number of aryl methyl sites for hydroxylation is 1. The van der Waals surface area contributed by atoms with Gasteiger partial charge < -0.3 is 34.5 Å². The fourth-order valence-electron chi connectivity index (χ4n) is 9.10. The lowest BCUT2D eigenvalue weighted by molar-refractivity contribution is -0.155. The van der Waals surface area contributed by atoms with Crippen molar-refractivity contribution in [1.29, 1.82) is 0 Å². The lowest BCUT2D eigenvalue weighted by atomic mass is 9.84. The van der Waals surface area contributed by atoms with Crippen LogP contribution in [0.25, 0.3) is 33.3 Å². The van der Waals surface area contributed by atoms with Gasteiger partial charge in [-0.25, -0.2) is 5.43 Å². The molecule has 3 aliphatic rings. The monoisotopic (exact) mass is 836 g/mol. The van der Waals surface area contributed by atoms with Crippen LogP contribution < -0.4 is 10.7 Å². The molecule has 3 amide bonds. The largest absolute Gasteiger partial charge is 0.508 e. The van der Waals surface area contributed by atoms with Gasteiger partial charge in [0.1, 0.15) is 23.9 Å². The van der Waals surface area contributed by atoms with E-state index in [1.807, 2.05) is 39.0 Å². The molecule has 14 nitrogen and oxygen atoms in total. The van der Waals surface area contributed by atoms with Crippen LogP contribution in [0.4, 0.5) is 0 Å². The van der Waals surface area contributed by atoms with E-state index in [9.17, 15) is 29.4 Å². The third kappa shape index (κ3) is 9.03. The van der Waals surface area contributed by atoms with Gasteiger partial charge in [-0.3, -0.25) is 29.2 Å². The minimum Gasteiger partial charge on any atom is -0.508 e. The van der Waals surface area contributed by atoms with Crippen LogP contribution in [0.2, 0.25) is 0 Å². The molecule has 2 aliphatic heterocycles. The first kappa shape index (κ1) is 43.8. The number of fused-ring (bicyclic) bond motifs is 6. The number of carbonyl (C=O) groups excluding carboxylic acids is 4. The van der Waals surface area contributed by atoms with E-state index in [1.165, 1.54) is 9.91 Å². The Balaban J connectivity index is 1.35. The Hall–Kier alpha value is -5.31. The van der Waals surface area contributed by atoms with Crippen molar-refractivity contribution in [3.05, 3.63) is 71.5 Å². The molecular weight excluding hydrogens is 777 g/mol. The molecule has 1 aliphatic carbocycles. The second-order valence-electron chi connectivity index (χ2n) is 18.1. The number of hydrogen-bond acceptors (Lipinski definition) is 10. The molecule has 0 radical (unpaired) electrons. The summed E-state index contributed by atoms with van der Waals surface area (Å²) in [7, 11) is 3.22. The number of nitrogens with zero attached hydrogens (tertiary/aromatic N) is 4. The summed E-state index contributed by atoms with van der Waals surface area (Å²) in [5.41, 5.74) is 9.56. The molecule has 61 heavy (non-hydrogen) atoms. The van der Waals surface area contributed by atoms with Gasteiger partial charge in [-0.2, -0.15) is 0 Å². The SMILES string of the molecule is CCn1c(-c2cccnc2[C@H](C)OC)c2c3cc(ccc31)-c1cc(O)cc(c1)C[C@H](NC(=O)[C@H](C(C)C)N(C)C(=O)[C@@H]1C[C@@H]1O)C(=O)N1CCC[C@H](N1)C(=O)OCC(C)(C)C2. The zero-order valence-corrected chi connectivity index (χ0v) is 36.5. The number of cyclic esters (lactones) is 1. The van der Waals surface area contributed by atoms with Crippen molar-refractivity contribution in [1.82, 2.24) is 30.2 Å². The number of aliphatic hydroxyl groups excluding tert-OH is 1. The van der Waals surface area contributed by atoms with Crippen LogP contribution in [0.3, 0.4) is 0 Å². The van der Waals surface area contributed by atoms with E-state index < -0.39 is 53.3 Å². The topological polar surface area (TPSA) is 176 Å². The molecule has 326 valence electrons. The van der Waals surface area contributed by atoms with Crippen molar-refractivity contribution >= 4 is 34.6 Å². The molecule has 2 aromatic carbocycles. The number of aliphatic hydroxyl groups is 1. The van der Waals surface area contributed by atoms with E-state index in [1.54, 1.807) is 32.5 Å². The molecule has 1 saturated carbocycles. The number of aromatic nitrogens is 2. The number of carbonyl (C=O) groups is 4. The van der Waals surface area contributed by atoms with Gasteiger partial charge in [-0.15, -0.1) is 0 Å². The highest BCUT2D eigenvalue weighted by molar-refractivity contribution is 5.96. The zero-order valence-electron chi connectivity index (χ0n) is 36.5. The fraction of sp³-hybridized carbons (Fsp3) is 0.511. The summed E-state index contributed by atoms with van der Waals surface area (Å²) in [5, 5.41) is 26.6. The summed E-state index contributed by atoms with van der Waals surface area (Å²) in [6, 6.07) is 12.6. The van der Waals surface area contributed by atoms with E-state index in [0.29, 0.717) is 37.8 Å². The number of phenols is 1. The first-order valence-corrected chi connectivity index (χ1v) is 21.5. The maximum Gasteiger partial charge on any atom is 0.324 e. The van der Waals surface area contributed by atoms with E-state index in [-0.39, 0.29) is 43.3 Å². The molecule has 1 saturated heterocycles. The first-order chi connectivity index (χ1) is 29.0. The minimum absolute atomic E-state index is 0.00257. The van der Waals surface area contributed by atoms with Crippen LogP contribution >= 0.6 is 0 Å². The maximum absolute atomic E-state index is 14.5. The van der Waals surface area contributed by atoms with Gasteiger partial charge in [0.15, 0.2) is 0 Å². The van der Waals surface area contributed by atoms with Crippen LogP contribution in [0.5, 0.6) is 5.75 Å². The summed E-state index contributed by atoms with van der Waals surface area (Å²) >= 11 is 0. The highest BCUT2D eigenvalue weighted by Crippen LogP contribution is 2.42. The third-order valence-corrected chi connectivity index (χ3v) is 12.4. The number of nitrogens with one attached hydrogen (secondary N) is 2. The molecule has 7 rings (SSSR count). The van der Waals surface area contributed by atoms with Gasteiger partial charge in [-0.05, 0) is 104 Å². The molecule has 4 heterocycles. The third-order valence-electron chi connectivity index (χ3n) is 12.4.